The standard InChI is InChI=1S/C14H18/c1-6-11(2)12-8-7-9-13(10-12)14(3,4)5/h1,7-11H,2-5H3. The van der Waals surface area contributed by atoms with Crippen molar-refractivity contribution in [3.05, 3.63) is 35.4 Å². The maximum Gasteiger partial charge on any atom is 0.0421 e. The summed E-state index contributed by atoms with van der Waals surface area (Å²) in [5.41, 5.74) is 2.78. The Hall–Kier alpha value is -1.22. The average molecular weight is 186 g/mol. The molecule has 0 bridgehead atoms. The van der Waals surface area contributed by atoms with Crippen LogP contribution >= 0.6 is 0 Å². The second-order valence-electron chi connectivity index (χ2n) is 4.76. The van der Waals surface area contributed by atoms with Crippen LogP contribution in [0.5, 0.6) is 0 Å². The molecule has 0 aromatic heterocycles. The minimum Gasteiger partial charge on any atom is -0.119 e. The van der Waals surface area contributed by atoms with Crippen LogP contribution in [0, 0.1) is 12.3 Å². The van der Waals surface area contributed by atoms with Gasteiger partial charge in [-0.25, -0.2) is 0 Å². The average Bonchev–Trinajstić information content (AvgIpc) is 2.15. The third-order valence-electron chi connectivity index (χ3n) is 2.50. The maximum absolute atomic E-state index is 5.41. The Morgan fingerprint density at radius 1 is 1.29 bits per heavy atom. The molecule has 0 saturated heterocycles. The second kappa shape index (κ2) is 3.88. The second-order valence-corrected chi connectivity index (χ2v) is 4.76. The molecule has 1 unspecified atom stereocenters. The quantitative estimate of drug-likeness (QED) is 0.586. The summed E-state index contributed by atoms with van der Waals surface area (Å²) in [6.45, 7) is 8.70. The minimum absolute atomic E-state index is 0.199. The Labute approximate surface area is 87.4 Å². The van der Waals surface area contributed by atoms with Crippen molar-refractivity contribution in [3.63, 3.8) is 0 Å². The molecule has 0 saturated carbocycles. The topological polar surface area (TPSA) is 0 Å². The lowest BCUT2D eigenvalue weighted by molar-refractivity contribution is 0.589. The van der Waals surface area contributed by atoms with E-state index in [4.69, 9.17) is 6.42 Å². The number of benzene rings is 1. The lowest BCUT2D eigenvalue weighted by atomic mass is 9.85. The van der Waals surface area contributed by atoms with E-state index in [1.165, 1.54) is 11.1 Å². The molecular weight excluding hydrogens is 168 g/mol. The van der Waals surface area contributed by atoms with Crippen LogP contribution < -0.4 is 0 Å². The SMILES string of the molecule is C#CC(C)c1cccc(C(C)(C)C)c1. The Morgan fingerprint density at radius 2 is 1.93 bits per heavy atom. The van der Waals surface area contributed by atoms with Crippen LogP contribution in [-0.4, -0.2) is 0 Å². The smallest absolute Gasteiger partial charge is 0.0421 e. The van der Waals surface area contributed by atoms with Crippen molar-refractivity contribution in [1.82, 2.24) is 0 Å². The zero-order valence-electron chi connectivity index (χ0n) is 9.46. The van der Waals surface area contributed by atoms with E-state index in [0.717, 1.165) is 0 Å². The van der Waals surface area contributed by atoms with Gasteiger partial charge in [0.05, 0.1) is 0 Å². The lowest BCUT2D eigenvalue weighted by Crippen LogP contribution is -2.11. The fourth-order valence-corrected chi connectivity index (χ4v) is 1.37. The summed E-state index contributed by atoms with van der Waals surface area (Å²) in [6.07, 6.45) is 5.41. The van der Waals surface area contributed by atoms with Crippen LogP contribution in [0.2, 0.25) is 0 Å². The zero-order valence-corrected chi connectivity index (χ0v) is 9.46. The molecule has 0 N–H and O–H groups in total. The Kier molecular flexibility index (Phi) is 3.01. The van der Waals surface area contributed by atoms with Gasteiger partial charge in [-0.05, 0) is 23.5 Å². The van der Waals surface area contributed by atoms with E-state index >= 15 is 0 Å². The van der Waals surface area contributed by atoms with Crippen LogP contribution in [0.15, 0.2) is 24.3 Å². The Bertz CT molecular complexity index is 347. The molecule has 14 heavy (non-hydrogen) atoms. The van der Waals surface area contributed by atoms with Crippen molar-refractivity contribution < 1.29 is 0 Å². The fourth-order valence-electron chi connectivity index (χ4n) is 1.37. The van der Waals surface area contributed by atoms with Gasteiger partial charge in [-0.15, -0.1) is 6.42 Å². The number of rotatable bonds is 1. The van der Waals surface area contributed by atoms with Gasteiger partial charge in [0.15, 0.2) is 0 Å². The van der Waals surface area contributed by atoms with Crippen LogP contribution in [0.25, 0.3) is 0 Å². The van der Waals surface area contributed by atoms with Gasteiger partial charge in [0.25, 0.3) is 0 Å². The molecule has 0 nitrogen and oxygen atoms in total. The summed E-state index contributed by atoms with van der Waals surface area (Å²) >= 11 is 0. The molecule has 0 aliphatic carbocycles. The first-order valence-electron chi connectivity index (χ1n) is 5.01. The first-order valence-corrected chi connectivity index (χ1v) is 5.01. The van der Waals surface area contributed by atoms with Crippen LogP contribution in [0.3, 0.4) is 0 Å². The van der Waals surface area contributed by atoms with Gasteiger partial charge in [-0.3, -0.25) is 0 Å². The minimum atomic E-state index is 0.199. The van der Waals surface area contributed by atoms with Gasteiger partial charge in [-0.2, -0.15) is 0 Å². The zero-order chi connectivity index (χ0) is 10.8. The molecule has 0 heteroatoms. The summed E-state index contributed by atoms with van der Waals surface area (Å²) in [5.74, 6) is 2.97. The van der Waals surface area contributed by atoms with Gasteiger partial charge in [-0.1, -0.05) is 51.0 Å². The predicted molar refractivity (Wildman–Crippen MR) is 62.4 cm³/mol. The molecule has 0 spiro atoms. The van der Waals surface area contributed by atoms with Crippen LogP contribution in [0.4, 0.5) is 0 Å². The van der Waals surface area contributed by atoms with E-state index in [0.29, 0.717) is 0 Å². The summed E-state index contributed by atoms with van der Waals surface area (Å²) in [6, 6.07) is 8.56. The van der Waals surface area contributed by atoms with Crippen molar-refractivity contribution in [3.8, 4) is 12.3 Å². The van der Waals surface area contributed by atoms with Crippen molar-refractivity contribution in [1.29, 1.82) is 0 Å². The van der Waals surface area contributed by atoms with E-state index in [9.17, 15) is 0 Å². The summed E-state index contributed by atoms with van der Waals surface area (Å²) in [5, 5.41) is 0. The molecule has 0 heterocycles. The summed E-state index contributed by atoms with van der Waals surface area (Å²) < 4.78 is 0. The van der Waals surface area contributed by atoms with Crippen molar-refractivity contribution in [2.45, 2.75) is 39.0 Å². The van der Waals surface area contributed by atoms with Gasteiger partial charge >= 0.3 is 0 Å². The van der Waals surface area contributed by atoms with E-state index in [-0.39, 0.29) is 11.3 Å². The number of hydrogen-bond acceptors (Lipinski definition) is 0. The monoisotopic (exact) mass is 186 g/mol. The molecular formula is C14H18. The molecule has 1 aromatic carbocycles. The third-order valence-corrected chi connectivity index (χ3v) is 2.50. The Balaban J connectivity index is 3.09. The fraction of sp³-hybridized carbons (Fsp3) is 0.429. The van der Waals surface area contributed by atoms with Gasteiger partial charge in [0, 0.05) is 5.92 Å². The number of hydrogen-bond donors (Lipinski definition) is 0. The molecule has 1 aromatic rings. The molecule has 0 amide bonds. The van der Waals surface area contributed by atoms with Gasteiger partial charge in [0.1, 0.15) is 0 Å². The third kappa shape index (κ3) is 2.39. The first kappa shape index (κ1) is 10.9. The Morgan fingerprint density at radius 3 is 2.43 bits per heavy atom. The molecule has 0 aliphatic rings. The molecule has 74 valence electrons. The number of terminal acetylenes is 1. The molecule has 0 fully saturated rings. The van der Waals surface area contributed by atoms with E-state index in [2.05, 4.69) is 57.9 Å². The van der Waals surface area contributed by atoms with E-state index in [1.807, 2.05) is 0 Å². The van der Waals surface area contributed by atoms with E-state index < -0.39 is 0 Å². The van der Waals surface area contributed by atoms with Crippen molar-refractivity contribution >= 4 is 0 Å². The van der Waals surface area contributed by atoms with Crippen LogP contribution in [-0.2, 0) is 5.41 Å². The summed E-state index contributed by atoms with van der Waals surface area (Å²) in [7, 11) is 0. The highest BCUT2D eigenvalue weighted by atomic mass is 14.2. The normalized spacial score (nSPS) is 13.4. The van der Waals surface area contributed by atoms with Crippen molar-refractivity contribution in [2.75, 3.05) is 0 Å². The highest BCUT2D eigenvalue weighted by Crippen LogP contribution is 2.25. The van der Waals surface area contributed by atoms with Crippen molar-refractivity contribution in [2.24, 2.45) is 0 Å². The highest BCUT2D eigenvalue weighted by Gasteiger charge is 2.14. The van der Waals surface area contributed by atoms with E-state index in [1.54, 1.807) is 0 Å². The molecule has 0 radical (unpaired) electrons. The first-order chi connectivity index (χ1) is 6.45. The van der Waals surface area contributed by atoms with Crippen LogP contribution in [0.1, 0.15) is 44.7 Å². The summed E-state index contributed by atoms with van der Waals surface area (Å²) in [4.78, 5) is 0. The van der Waals surface area contributed by atoms with Gasteiger partial charge in [0.2, 0.25) is 0 Å². The molecule has 1 atom stereocenters. The highest BCUT2D eigenvalue weighted by molar-refractivity contribution is 5.33. The molecule has 1 rings (SSSR count). The largest absolute Gasteiger partial charge is 0.119 e. The molecule has 0 aliphatic heterocycles. The maximum atomic E-state index is 5.41. The predicted octanol–water partition coefficient (Wildman–Crippen LogP) is 3.72. The van der Waals surface area contributed by atoms with Gasteiger partial charge < -0.3 is 0 Å². The lowest BCUT2D eigenvalue weighted by Gasteiger charge is -2.20.